The first-order valence-corrected chi connectivity index (χ1v) is 11.6. The smallest absolute Gasteiger partial charge is 0.294 e. The van der Waals surface area contributed by atoms with Crippen LogP contribution < -0.4 is 16.0 Å². The Morgan fingerprint density at radius 1 is 0.919 bits per heavy atom. The van der Waals surface area contributed by atoms with Gasteiger partial charge in [0, 0.05) is 39.1 Å². The van der Waals surface area contributed by atoms with Crippen LogP contribution in [0.15, 0.2) is 96.3 Å². The first-order valence-electron chi connectivity index (χ1n) is 10.9. The normalized spacial score (nSPS) is 15.4. The minimum Gasteiger partial charge on any atom is -0.503 e. The quantitative estimate of drug-likeness (QED) is 0.296. The number of aliphatic hydroxyl groups is 1. The van der Waals surface area contributed by atoms with Crippen LogP contribution in [0.5, 0.6) is 0 Å². The Labute approximate surface area is 221 Å². The molecule has 1 atom stereocenters. The lowest BCUT2D eigenvalue weighted by Gasteiger charge is -2.27. The first-order chi connectivity index (χ1) is 17.7. The number of hydrogen-bond acceptors (Lipinski definition) is 5. The summed E-state index contributed by atoms with van der Waals surface area (Å²) in [6.45, 7) is 0. The largest absolute Gasteiger partial charge is 0.503 e. The second-order valence-corrected chi connectivity index (χ2v) is 8.88. The van der Waals surface area contributed by atoms with Gasteiger partial charge in [0.05, 0.1) is 11.6 Å². The molecule has 0 radical (unpaired) electrons. The van der Waals surface area contributed by atoms with Gasteiger partial charge in [-0.3, -0.25) is 24.1 Å². The molecule has 0 saturated heterocycles. The van der Waals surface area contributed by atoms with Crippen molar-refractivity contribution in [3.05, 3.63) is 117 Å². The number of Topliss-reactive ketones (excluding diaryl/α,β-unsaturated/α-hetero) is 1. The van der Waals surface area contributed by atoms with Gasteiger partial charge >= 0.3 is 0 Å². The van der Waals surface area contributed by atoms with Crippen molar-refractivity contribution in [3.8, 4) is 0 Å². The van der Waals surface area contributed by atoms with Crippen LogP contribution >= 0.6 is 23.2 Å². The highest BCUT2D eigenvalue weighted by molar-refractivity contribution is 6.31. The molecule has 10 heteroatoms. The summed E-state index contributed by atoms with van der Waals surface area (Å²) in [6.07, 6.45) is 1.86. The van der Waals surface area contributed by atoms with Gasteiger partial charge < -0.3 is 16.2 Å². The Balaban J connectivity index is 1.75. The molecule has 1 unspecified atom stereocenters. The third-order valence-electron chi connectivity index (χ3n) is 5.52. The van der Waals surface area contributed by atoms with E-state index in [1.54, 1.807) is 48.5 Å². The Hall–Kier alpha value is -4.40. The van der Waals surface area contributed by atoms with Crippen molar-refractivity contribution in [2.75, 3.05) is 10.2 Å². The maximum atomic E-state index is 13.7. The predicted octanol–water partition coefficient (Wildman–Crippen LogP) is 4.76. The summed E-state index contributed by atoms with van der Waals surface area (Å²) in [6, 6.07) is 18.0. The number of carbonyl (C=O) groups is 4. The van der Waals surface area contributed by atoms with E-state index in [1.165, 1.54) is 29.2 Å². The highest BCUT2D eigenvalue weighted by atomic mass is 35.5. The lowest BCUT2D eigenvalue weighted by molar-refractivity contribution is -0.117. The Morgan fingerprint density at radius 2 is 1.62 bits per heavy atom. The number of nitrogens with one attached hydrogen (secondary N) is 1. The molecule has 3 aromatic rings. The molecule has 3 aromatic carbocycles. The topological polar surface area (TPSA) is 130 Å². The van der Waals surface area contributed by atoms with Crippen LogP contribution in [0.4, 0.5) is 11.4 Å². The monoisotopic (exact) mass is 535 g/mol. The van der Waals surface area contributed by atoms with E-state index in [-0.39, 0.29) is 16.8 Å². The number of amides is 3. The van der Waals surface area contributed by atoms with Gasteiger partial charge in [0.15, 0.2) is 11.5 Å². The number of nitrogens with zero attached hydrogens (tertiary/aromatic N) is 1. The van der Waals surface area contributed by atoms with Crippen molar-refractivity contribution >= 4 is 58.1 Å². The van der Waals surface area contributed by atoms with Crippen LogP contribution in [0.3, 0.4) is 0 Å². The Kier molecular flexibility index (Phi) is 7.42. The zero-order valence-corrected chi connectivity index (χ0v) is 20.5. The number of carbonyl (C=O) groups excluding carboxylic acids is 4. The van der Waals surface area contributed by atoms with Crippen molar-refractivity contribution in [2.24, 2.45) is 5.73 Å². The molecule has 8 nitrogen and oxygen atoms in total. The predicted molar refractivity (Wildman–Crippen MR) is 141 cm³/mol. The number of nitrogens with two attached hydrogens (primary N) is 1. The second-order valence-electron chi connectivity index (χ2n) is 8.01. The summed E-state index contributed by atoms with van der Waals surface area (Å²) >= 11 is 12.2. The summed E-state index contributed by atoms with van der Waals surface area (Å²) in [5.41, 5.74) is 6.13. The van der Waals surface area contributed by atoms with Crippen molar-refractivity contribution in [2.45, 2.75) is 6.04 Å². The first kappa shape index (κ1) is 25.7. The Bertz CT molecular complexity index is 1480. The van der Waals surface area contributed by atoms with Gasteiger partial charge in [0.1, 0.15) is 0 Å². The molecule has 0 aromatic heterocycles. The summed E-state index contributed by atoms with van der Waals surface area (Å²) in [7, 11) is 0. The molecule has 0 spiro atoms. The zero-order chi connectivity index (χ0) is 26.7. The second kappa shape index (κ2) is 10.7. The van der Waals surface area contributed by atoms with Crippen LogP contribution in [-0.4, -0.2) is 28.6 Å². The molecular formula is C27H19Cl2N3O5. The maximum Gasteiger partial charge on any atom is 0.294 e. The lowest BCUT2D eigenvalue weighted by atomic mass is 9.92. The van der Waals surface area contributed by atoms with Gasteiger partial charge in [-0.15, -0.1) is 0 Å². The van der Waals surface area contributed by atoms with Crippen LogP contribution in [-0.2, 0) is 14.4 Å². The summed E-state index contributed by atoms with van der Waals surface area (Å²) < 4.78 is 0. The molecule has 4 N–H and O–H groups in total. The number of ketones is 1. The number of hydrogen-bond donors (Lipinski definition) is 3. The van der Waals surface area contributed by atoms with E-state index >= 15 is 0 Å². The Morgan fingerprint density at radius 3 is 2.30 bits per heavy atom. The third kappa shape index (κ3) is 5.55. The molecular weight excluding hydrogens is 517 g/mol. The summed E-state index contributed by atoms with van der Waals surface area (Å²) in [4.78, 5) is 51.1. The van der Waals surface area contributed by atoms with Gasteiger partial charge in [-0.2, -0.15) is 0 Å². The molecule has 37 heavy (non-hydrogen) atoms. The van der Waals surface area contributed by atoms with Crippen molar-refractivity contribution < 1.29 is 24.3 Å². The molecule has 3 amide bonds. The van der Waals surface area contributed by atoms with Crippen LogP contribution in [0.1, 0.15) is 22.0 Å². The highest BCUT2D eigenvalue weighted by Gasteiger charge is 2.44. The fourth-order valence-corrected chi connectivity index (χ4v) is 4.24. The van der Waals surface area contributed by atoms with Gasteiger partial charge in [-0.1, -0.05) is 53.5 Å². The van der Waals surface area contributed by atoms with E-state index < -0.39 is 35.3 Å². The summed E-state index contributed by atoms with van der Waals surface area (Å²) in [5, 5.41) is 14.2. The standard InChI is InChI=1S/C27H19Cl2N3O5/c28-17-9-7-15(8-10-17)24-23(26(36)27(37)32(24)20-6-2-4-18(29)14-20)25(35)16-3-1-5-19(13-16)31-22(34)12-11-21(30)33/h1-14,24,36H,(H2,30,33)(H,31,34). The van der Waals surface area contributed by atoms with E-state index in [4.69, 9.17) is 28.9 Å². The van der Waals surface area contributed by atoms with E-state index in [9.17, 15) is 24.3 Å². The van der Waals surface area contributed by atoms with Crippen molar-refractivity contribution in [1.82, 2.24) is 0 Å². The van der Waals surface area contributed by atoms with Crippen molar-refractivity contribution in [1.29, 1.82) is 0 Å². The summed E-state index contributed by atoms with van der Waals surface area (Å²) in [5.74, 6) is -3.52. The SMILES string of the molecule is NC(=O)C=CC(=O)Nc1cccc(C(=O)C2=C(O)C(=O)N(c3cccc(Cl)c3)C2c2ccc(Cl)cc2)c1. The van der Waals surface area contributed by atoms with Gasteiger partial charge in [0.25, 0.3) is 5.91 Å². The van der Waals surface area contributed by atoms with Crippen LogP contribution in [0.2, 0.25) is 10.0 Å². The fourth-order valence-electron chi connectivity index (χ4n) is 3.93. The molecule has 1 aliphatic heterocycles. The molecule has 186 valence electrons. The van der Waals surface area contributed by atoms with Crippen molar-refractivity contribution in [3.63, 3.8) is 0 Å². The average molecular weight is 536 g/mol. The average Bonchev–Trinajstić information content (AvgIpc) is 3.13. The number of primary amides is 1. The minimum absolute atomic E-state index is 0.109. The zero-order valence-electron chi connectivity index (χ0n) is 19.0. The number of aliphatic hydroxyl groups excluding tert-OH is 1. The van der Waals surface area contributed by atoms with E-state index in [1.807, 2.05) is 0 Å². The molecule has 1 aliphatic rings. The van der Waals surface area contributed by atoms with Crippen LogP contribution in [0, 0.1) is 0 Å². The van der Waals surface area contributed by atoms with E-state index in [0.29, 0.717) is 21.3 Å². The van der Waals surface area contributed by atoms with Gasteiger partial charge in [-0.05, 0) is 48.0 Å². The molecule has 4 rings (SSSR count). The number of benzene rings is 3. The molecule has 1 heterocycles. The maximum absolute atomic E-state index is 13.7. The molecule has 0 saturated carbocycles. The van der Waals surface area contributed by atoms with E-state index in [2.05, 4.69) is 5.32 Å². The van der Waals surface area contributed by atoms with Gasteiger partial charge in [0.2, 0.25) is 11.8 Å². The molecule has 0 fully saturated rings. The van der Waals surface area contributed by atoms with Crippen LogP contribution in [0.25, 0.3) is 0 Å². The lowest BCUT2D eigenvalue weighted by Crippen LogP contribution is -2.31. The third-order valence-corrected chi connectivity index (χ3v) is 6.00. The van der Waals surface area contributed by atoms with Gasteiger partial charge in [-0.25, -0.2) is 0 Å². The number of anilines is 2. The highest BCUT2D eigenvalue weighted by Crippen LogP contribution is 2.42. The minimum atomic E-state index is -0.979. The molecule has 0 bridgehead atoms. The fraction of sp³-hybridized carbons (Fsp3) is 0.0370. The molecule has 0 aliphatic carbocycles. The number of halogens is 2. The van der Waals surface area contributed by atoms with E-state index in [0.717, 1.165) is 12.2 Å². The number of rotatable bonds is 7.